The minimum absolute atomic E-state index is 0.0252. The topological polar surface area (TPSA) is 92.4 Å². The molecule has 0 spiro atoms. The van der Waals surface area contributed by atoms with Crippen LogP contribution in [-0.2, 0) is 20.2 Å². The highest BCUT2D eigenvalue weighted by molar-refractivity contribution is 7.89. The number of ether oxygens (including phenoxy) is 1. The Bertz CT molecular complexity index is 1230. The molecule has 32 heavy (non-hydrogen) atoms. The monoisotopic (exact) mass is 455 g/mol. The highest BCUT2D eigenvalue weighted by Crippen LogP contribution is 2.35. The molecular formula is C24H29N3O4S. The smallest absolute Gasteiger partial charge is 0.339 e. The summed E-state index contributed by atoms with van der Waals surface area (Å²) in [6.45, 7) is 7.22. The maximum Gasteiger partial charge on any atom is 0.339 e. The molecule has 4 rings (SSSR count). The molecule has 3 heterocycles. The van der Waals surface area contributed by atoms with Crippen LogP contribution in [0.1, 0.15) is 61.0 Å². The number of aromatic amines is 1. The normalized spacial score (nSPS) is 16.4. The standard InChI is InChI=1S/C24H29N3O4S/c1-24(2,3)18-5-7-19(8-6-18)32(29,30)27-11-9-16(10-12-27)21-15-26-22-20(21)13-17(14-25-22)23(28)31-4/h5-8,13-16H,9-12H2,1-4H3,(H,25,26). The maximum absolute atomic E-state index is 13.2. The lowest BCUT2D eigenvalue weighted by atomic mass is 9.87. The van der Waals surface area contributed by atoms with Gasteiger partial charge in [0.2, 0.25) is 10.0 Å². The summed E-state index contributed by atoms with van der Waals surface area (Å²) in [6, 6.07) is 9.01. The number of hydrogen-bond acceptors (Lipinski definition) is 5. The Morgan fingerprint density at radius 2 is 1.81 bits per heavy atom. The zero-order valence-corrected chi connectivity index (χ0v) is 19.7. The molecule has 2 aromatic heterocycles. The first kappa shape index (κ1) is 22.5. The van der Waals surface area contributed by atoms with Crippen molar-refractivity contribution in [2.45, 2.75) is 49.8 Å². The van der Waals surface area contributed by atoms with Crippen LogP contribution >= 0.6 is 0 Å². The van der Waals surface area contributed by atoms with Crippen molar-refractivity contribution in [2.75, 3.05) is 20.2 Å². The number of fused-ring (bicyclic) bond motifs is 1. The van der Waals surface area contributed by atoms with Gasteiger partial charge in [0.25, 0.3) is 0 Å². The second-order valence-corrected chi connectivity index (χ2v) is 11.2. The van der Waals surface area contributed by atoms with E-state index in [0.717, 1.165) is 16.5 Å². The van der Waals surface area contributed by atoms with E-state index in [1.165, 1.54) is 13.3 Å². The molecule has 1 aliphatic rings. The number of carbonyl (C=O) groups excluding carboxylic acids is 1. The third-order valence-electron chi connectivity index (χ3n) is 6.24. The van der Waals surface area contributed by atoms with Crippen LogP contribution in [0.5, 0.6) is 0 Å². The summed E-state index contributed by atoms with van der Waals surface area (Å²) in [5, 5.41) is 0.881. The number of sulfonamides is 1. The van der Waals surface area contributed by atoms with Gasteiger partial charge < -0.3 is 9.72 Å². The molecule has 1 aliphatic heterocycles. The van der Waals surface area contributed by atoms with E-state index in [2.05, 4.69) is 30.7 Å². The van der Waals surface area contributed by atoms with E-state index in [1.54, 1.807) is 22.5 Å². The number of benzene rings is 1. The van der Waals surface area contributed by atoms with Crippen LogP contribution in [0, 0.1) is 0 Å². The second-order valence-electron chi connectivity index (χ2n) is 9.31. The van der Waals surface area contributed by atoms with Crippen molar-refractivity contribution >= 4 is 27.0 Å². The van der Waals surface area contributed by atoms with E-state index in [4.69, 9.17) is 4.74 Å². The van der Waals surface area contributed by atoms with E-state index < -0.39 is 16.0 Å². The van der Waals surface area contributed by atoms with Crippen molar-refractivity contribution in [1.82, 2.24) is 14.3 Å². The number of aromatic nitrogens is 2. The summed E-state index contributed by atoms with van der Waals surface area (Å²) in [5.74, 6) is -0.238. The lowest BCUT2D eigenvalue weighted by Gasteiger charge is -2.31. The summed E-state index contributed by atoms with van der Waals surface area (Å²) in [6.07, 6.45) is 4.82. The highest BCUT2D eigenvalue weighted by Gasteiger charge is 2.31. The summed E-state index contributed by atoms with van der Waals surface area (Å²) < 4.78 is 32.7. The van der Waals surface area contributed by atoms with E-state index in [9.17, 15) is 13.2 Å². The molecule has 0 amide bonds. The van der Waals surface area contributed by atoms with Gasteiger partial charge in [0.1, 0.15) is 5.65 Å². The van der Waals surface area contributed by atoms with Gasteiger partial charge in [-0.2, -0.15) is 4.31 Å². The van der Waals surface area contributed by atoms with Crippen molar-refractivity contribution in [3.8, 4) is 0 Å². The molecule has 0 atom stereocenters. The molecule has 0 saturated carbocycles. The molecule has 0 radical (unpaired) electrons. The molecule has 1 aromatic carbocycles. The van der Waals surface area contributed by atoms with Gasteiger partial charge in [-0.15, -0.1) is 0 Å². The van der Waals surface area contributed by atoms with Crippen molar-refractivity contribution in [2.24, 2.45) is 0 Å². The Morgan fingerprint density at radius 3 is 2.41 bits per heavy atom. The maximum atomic E-state index is 13.2. The molecule has 0 unspecified atom stereocenters. The third kappa shape index (κ3) is 4.17. The van der Waals surface area contributed by atoms with Crippen LogP contribution < -0.4 is 0 Å². The van der Waals surface area contributed by atoms with Gasteiger partial charge in [-0.1, -0.05) is 32.9 Å². The Kier molecular flexibility index (Phi) is 5.85. The number of hydrogen-bond donors (Lipinski definition) is 1. The van der Waals surface area contributed by atoms with Gasteiger partial charge in [0.15, 0.2) is 0 Å². The molecule has 8 heteroatoms. The van der Waals surface area contributed by atoms with Crippen LogP contribution in [0.2, 0.25) is 0 Å². The number of esters is 1. The van der Waals surface area contributed by atoms with Gasteiger partial charge in [-0.05, 0) is 53.5 Å². The average Bonchev–Trinajstić information content (AvgIpc) is 3.21. The number of carbonyl (C=O) groups is 1. The largest absolute Gasteiger partial charge is 0.465 e. The lowest BCUT2D eigenvalue weighted by Crippen LogP contribution is -2.37. The Morgan fingerprint density at radius 1 is 1.16 bits per heavy atom. The molecule has 3 aromatic rings. The predicted molar refractivity (Wildman–Crippen MR) is 123 cm³/mol. The number of methoxy groups -OCH3 is 1. The molecule has 0 aliphatic carbocycles. The zero-order chi connectivity index (χ0) is 23.1. The zero-order valence-electron chi connectivity index (χ0n) is 18.9. The van der Waals surface area contributed by atoms with Crippen molar-refractivity contribution in [3.63, 3.8) is 0 Å². The van der Waals surface area contributed by atoms with Crippen LogP contribution in [-0.4, -0.2) is 48.9 Å². The molecular weight excluding hydrogens is 426 g/mol. The van der Waals surface area contributed by atoms with Crippen molar-refractivity contribution in [1.29, 1.82) is 0 Å². The van der Waals surface area contributed by atoms with E-state index >= 15 is 0 Å². The summed E-state index contributed by atoms with van der Waals surface area (Å²) >= 11 is 0. The quantitative estimate of drug-likeness (QED) is 0.595. The van der Waals surface area contributed by atoms with Gasteiger partial charge in [-0.25, -0.2) is 18.2 Å². The fourth-order valence-electron chi connectivity index (χ4n) is 4.27. The number of rotatable bonds is 4. The van der Waals surface area contributed by atoms with Crippen LogP contribution in [0.25, 0.3) is 11.0 Å². The SMILES string of the molecule is COC(=O)c1cnc2[nH]cc(C3CCN(S(=O)(=O)c4ccc(C(C)(C)C)cc4)CC3)c2c1. The molecule has 170 valence electrons. The minimum Gasteiger partial charge on any atom is -0.465 e. The third-order valence-corrected chi connectivity index (χ3v) is 8.15. The number of H-pyrrole nitrogens is 1. The Hall–Kier alpha value is -2.71. The van der Waals surface area contributed by atoms with E-state index in [0.29, 0.717) is 42.0 Å². The summed E-state index contributed by atoms with van der Waals surface area (Å²) in [5.41, 5.74) is 3.25. The van der Waals surface area contributed by atoms with Gasteiger partial charge >= 0.3 is 5.97 Å². The second kappa shape index (κ2) is 8.33. The first-order valence-corrected chi connectivity index (χ1v) is 12.2. The average molecular weight is 456 g/mol. The molecule has 0 bridgehead atoms. The molecule has 1 saturated heterocycles. The van der Waals surface area contributed by atoms with Crippen LogP contribution in [0.4, 0.5) is 0 Å². The summed E-state index contributed by atoms with van der Waals surface area (Å²) in [7, 11) is -2.18. The lowest BCUT2D eigenvalue weighted by molar-refractivity contribution is 0.0600. The highest BCUT2D eigenvalue weighted by atomic mass is 32.2. The van der Waals surface area contributed by atoms with Crippen molar-refractivity contribution in [3.05, 3.63) is 59.4 Å². The van der Waals surface area contributed by atoms with E-state index in [-0.39, 0.29) is 11.3 Å². The van der Waals surface area contributed by atoms with Gasteiger partial charge in [0.05, 0.1) is 17.6 Å². The van der Waals surface area contributed by atoms with Crippen LogP contribution in [0.15, 0.2) is 47.6 Å². The first-order chi connectivity index (χ1) is 15.1. The number of piperidine rings is 1. The number of nitrogens with one attached hydrogen (secondary N) is 1. The minimum atomic E-state index is -3.53. The van der Waals surface area contributed by atoms with Gasteiger partial charge in [-0.3, -0.25) is 0 Å². The van der Waals surface area contributed by atoms with E-state index in [1.807, 2.05) is 18.3 Å². The number of nitrogens with zero attached hydrogens (tertiary/aromatic N) is 2. The predicted octanol–water partition coefficient (Wildman–Crippen LogP) is 4.22. The number of pyridine rings is 1. The van der Waals surface area contributed by atoms with Gasteiger partial charge in [0, 0.05) is 30.9 Å². The van der Waals surface area contributed by atoms with Crippen molar-refractivity contribution < 1.29 is 17.9 Å². The fourth-order valence-corrected chi connectivity index (χ4v) is 5.74. The molecule has 1 N–H and O–H groups in total. The van der Waals surface area contributed by atoms with Crippen LogP contribution in [0.3, 0.4) is 0 Å². The molecule has 7 nitrogen and oxygen atoms in total. The Labute approximate surface area is 188 Å². The molecule has 1 fully saturated rings. The first-order valence-electron chi connectivity index (χ1n) is 10.8. The summed E-state index contributed by atoms with van der Waals surface area (Å²) in [4.78, 5) is 19.7. The fraction of sp³-hybridized carbons (Fsp3) is 0.417. The Balaban J connectivity index is 1.51.